The van der Waals surface area contributed by atoms with E-state index in [1.807, 2.05) is 12.1 Å². The summed E-state index contributed by atoms with van der Waals surface area (Å²) >= 11 is 0. The molecule has 2 amide bonds. The monoisotopic (exact) mass is 416 g/mol. The van der Waals surface area contributed by atoms with E-state index in [1.54, 1.807) is 4.90 Å². The maximum absolute atomic E-state index is 13.3. The van der Waals surface area contributed by atoms with Gasteiger partial charge in [0.25, 0.3) is 0 Å². The summed E-state index contributed by atoms with van der Waals surface area (Å²) in [5.41, 5.74) is 0.106. The van der Waals surface area contributed by atoms with Gasteiger partial charge < -0.3 is 20.0 Å². The van der Waals surface area contributed by atoms with Crippen LogP contribution in [-0.2, 0) is 0 Å². The molecule has 160 valence electrons. The first-order chi connectivity index (χ1) is 14.6. The van der Waals surface area contributed by atoms with E-state index in [9.17, 15) is 13.6 Å². The van der Waals surface area contributed by atoms with Gasteiger partial charge in [-0.1, -0.05) is 12.8 Å². The number of anilines is 3. The maximum Gasteiger partial charge on any atom is 0.321 e. The van der Waals surface area contributed by atoms with Gasteiger partial charge in [-0.05, 0) is 37.1 Å². The van der Waals surface area contributed by atoms with E-state index in [0.29, 0.717) is 26.2 Å². The van der Waals surface area contributed by atoms with Gasteiger partial charge in [0, 0.05) is 51.0 Å². The Bertz CT molecular complexity index is 842. The summed E-state index contributed by atoms with van der Waals surface area (Å²) in [6.45, 7) is 4.25. The van der Waals surface area contributed by atoms with Gasteiger partial charge in [-0.2, -0.15) is 0 Å². The Kier molecular flexibility index (Phi) is 6.25. The molecular weight excluding hydrogens is 390 g/mol. The van der Waals surface area contributed by atoms with Crippen molar-refractivity contribution in [2.75, 3.05) is 54.4 Å². The molecule has 0 atom stereocenters. The van der Waals surface area contributed by atoms with Gasteiger partial charge in [-0.25, -0.2) is 13.6 Å². The fourth-order valence-corrected chi connectivity index (χ4v) is 3.92. The van der Waals surface area contributed by atoms with Crippen molar-refractivity contribution in [2.24, 2.45) is 0 Å². The van der Waals surface area contributed by atoms with Gasteiger partial charge in [-0.3, -0.25) is 0 Å². The van der Waals surface area contributed by atoms with Gasteiger partial charge in [-0.15, -0.1) is 10.2 Å². The lowest BCUT2D eigenvalue weighted by atomic mass is 10.2. The van der Waals surface area contributed by atoms with Crippen molar-refractivity contribution in [3.05, 3.63) is 42.0 Å². The SMILES string of the molecule is O=C(Nc1cc(F)cc(F)c1)N1CCN(c2ccc(N3CCCCCC3)nn2)CC1. The minimum Gasteiger partial charge on any atom is -0.355 e. The number of hydrogen-bond donors (Lipinski definition) is 1. The van der Waals surface area contributed by atoms with Gasteiger partial charge >= 0.3 is 6.03 Å². The minimum atomic E-state index is -0.725. The van der Waals surface area contributed by atoms with Crippen molar-refractivity contribution >= 4 is 23.4 Å². The molecule has 0 radical (unpaired) electrons. The summed E-state index contributed by atoms with van der Waals surface area (Å²) in [5.74, 6) is 0.261. The van der Waals surface area contributed by atoms with E-state index in [2.05, 4.69) is 25.3 Å². The molecule has 1 aromatic carbocycles. The Labute approximate surface area is 174 Å². The quantitative estimate of drug-likeness (QED) is 0.830. The first-order valence-electron chi connectivity index (χ1n) is 10.4. The molecule has 2 aromatic rings. The second-order valence-corrected chi connectivity index (χ2v) is 7.71. The lowest BCUT2D eigenvalue weighted by Gasteiger charge is -2.35. The summed E-state index contributed by atoms with van der Waals surface area (Å²) in [6.07, 6.45) is 4.92. The number of piperazine rings is 1. The van der Waals surface area contributed by atoms with Crippen LogP contribution in [0.1, 0.15) is 25.7 Å². The summed E-state index contributed by atoms with van der Waals surface area (Å²) in [5, 5.41) is 11.4. The lowest BCUT2D eigenvalue weighted by Crippen LogP contribution is -2.50. The Morgan fingerprint density at radius 1 is 0.767 bits per heavy atom. The zero-order chi connectivity index (χ0) is 20.9. The zero-order valence-electron chi connectivity index (χ0n) is 16.9. The smallest absolute Gasteiger partial charge is 0.321 e. The van der Waals surface area contributed by atoms with E-state index in [0.717, 1.165) is 42.9 Å². The minimum absolute atomic E-state index is 0.106. The highest BCUT2D eigenvalue weighted by Crippen LogP contribution is 2.20. The molecule has 0 spiro atoms. The van der Waals surface area contributed by atoms with Gasteiger partial charge in [0.05, 0.1) is 0 Å². The molecule has 0 bridgehead atoms. The molecule has 4 rings (SSSR count). The predicted octanol–water partition coefficient (Wildman–Crippen LogP) is 3.49. The van der Waals surface area contributed by atoms with Crippen LogP contribution in [0.5, 0.6) is 0 Å². The molecule has 0 aliphatic carbocycles. The van der Waals surface area contributed by atoms with Crippen molar-refractivity contribution in [1.82, 2.24) is 15.1 Å². The molecule has 0 saturated carbocycles. The van der Waals surface area contributed by atoms with Gasteiger partial charge in [0.1, 0.15) is 11.6 Å². The third-order valence-electron chi connectivity index (χ3n) is 5.57. The zero-order valence-corrected chi connectivity index (χ0v) is 16.9. The predicted molar refractivity (Wildman–Crippen MR) is 112 cm³/mol. The number of aromatic nitrogens is 2. The molecule has 2 aliphatic heterocycles. The number of nitrogens with one attached hydrogen (secondary N) is 1. The summed E-state index contributed by atoms with van der Waals surface area (Å²) < 4.78 is 26.6. The van der Waals surface area contributed by atoms with Crippen LogP contribution in [0.15, 0.2) is 30.3 Å². The number of nitrogens with zero attached hydrogens (tertiary/aromatic N) is 5. The van der Waals surface area contributed by atoms with E-state index < -0.39 is 11.6 Å². The summed E-state index contributed by atoms with van der Waals surface area (Å²) in [6, 6.07) is 6.59. The van der Waals surface area contributed by atoms with Crippen molar-refractivity contribution in [2.45, 2.75) is 25.7 Å². The highest BCUT2D eigenvalue weighted by molar-refractivity contribution is 5.89. The normalized spacial score (nSPS) is 17.6. The standard InChI is InChI=1S/C21H26F2N6O/c22-16-13-17(23)15-18(14-16)24-21(30)29-11-9-28(10-12-29)20-6-5-19(25-26-20)27-7-3-1-2-4-8-27/h5-6,13-15H,1-4,7-12H2,(H,24,30). The average Bonchev–Trinajstić information content (AvgIpc) is 3.03. The first-order valence-corrected chi connectivity index (χ1v) is 10.4. The van der Waals surface area contributed by atoms with E-state index in [-0.39, 0.29) is 11.7 Å². The fourth-order valence-electron chi connectivity index (χ4n) is 3.92. The lowest BCUT2D eigenvalue weighted by molar-refractivity contribution is 0.208. The topological polar surface area (TPSA) is 64.6 Å². The molecule has 3 heterocycles. The van der Waals surface area contributed by atoms with Crippen LogP contribution >= 0.6 is 0 Å². The highest BCUT2D eigenvalue weighted by atomic mass is 19.1. The molecule has 30 heavy (non-hydrogen) atoms. The number of amides is 2. The van der Waals surface area contributed by atoms with Crippen molar-refractivity contribution in [3.8, 4) is 0 Å². The van der Waals surface area contributed by atoms with Crippen molar-refractivity contribution < 1.29 is 13.6 Å². The molecule has 2 aliphatic rings. The molecule has 7 nitrogen and oxygen atoms in total. The molecule has 1 aromatic heterocycles. The van der Waals surface area contributed by atoms with Crippen molar-refractivity contribution in [3.63, 3.8) is 0 Å². The second kappa shape index (κ2) is 9.23. The number of carbonyl (C=O) groups is 1. The maximum atomic E-state index is 13.3. The Morgan fingerprint density at radius 3 is 1.83 bits per heavy atom. The van der Waals surface area contributed by atoms with Crippen LogP contribution in [0.4, 0.5) is 30.9 Å². The van der Waals surface area contributed by atoms with Crippen LogP contribution in [-0.4, -0.2) is 60.4 Å². The number of halogens is 2. The van der Waals surface area contributed by atoms with Crippen LogP contribution in [0.25, 0.3) is 0 Å². The van der Waals surface area contributed by atoms with Gasteiger partial charge in [0.2, 0.25) is 0 Å². The number of rotatable bonds is 3. The Morgan fingerprint density at radius 2 is 1.30 bits per heavy atom. The molecule has 2 saturated heterocycles. The van der Waals surface area contributed by atoms with Crippen LogP contribution in [0.3, 0.4) is 0 Å². The highest BCUT2D eigenvalue weighted by Gasteiger charge is 2.23. The van der Waals surface area contributed by atoms with E-state index in [4.69, 9.17) is 0 Å². The average molecular weight is 416 g/mol. The molecule has 1 N–H and O–H groups in total. The van der Waals surface area contributed by atoms with Crippen LogP contribution in [0.2, 0.25) is 0 Å². The Hall–Kier alpha value is -2.97. The molecule has 2 fully saturated rings. The number of hydrogen-bond acceptors (Lipinski definition) is 5. The molecular formula is C21H26F2N6O. The number of benzene rings is 1. The third-order valence-corrected chi connectivity index (χ3v) is 5.57. The summed E-state index contributed by atoms with van der Waals surface area (Å²) in [4.78, 5) is 18.4. The third kappa shape index (κ3) is 4.95. The number of carbonyl (C=O) groups excluding carboxylic acids is 1. The van der Waals surface area contributed by atoms with E-state index >= 15 is 0 Å². The van der Waals surface area contributed by atoms with Crippen LogP contribution in [0, 0.1) is 11.6 Å². The second-order valence-electron chi connectivity index (χ2n) is 7.71. The van der Waals surface area contributed by atoms with Gasteiger partial charge in [0.15, 0.2) is 11.6 Å². The Balaban J connectivity index is 1.31. The summed E-state index contributed by atoms with van der Waals surface area (Å²) in [7, 11) is 0. The fraction of sp³-hybridized carbons (Fsp3) is 0.476. The molecule has 0 unspecified atom stereocenters. The molecule has 9 heteroatoms. The number of urea groups is 1. The van der Waals surface area contributed by atoms with E-state index in [1.165, 1.54) is 25.7 Å². The largest absolute Gasteiger partial charge is 0.355 e. The first kappa shape index (κ1) is 20.3. The van der Waals surface area contributed by atoms with Crippen molar-refractivity contribution in [1.29, 1.82) is 0 Å². The van der Waals surface area contributed by atoms with Crippen LogP contribution < -0.4 is 15.1 Å².